The van der Waals surface area contributed by atoms with Gasteiger partial charge in [-0.05, 0) is 23.8 Å². The topological polar surface area (TPSA) is 181 Å². The number of rotatable bonds is 5. The third-order valence-corrected chi connectivity index (χ3v) is 4.07. The summed E-state index contributed by atoms with van der Waals surface area (Å²) in [6.07, 6.45) is 1.33. The van der Waals surface area contributed by atoms with Gasteiger partial charge < -0.3 is 20.2 Å². The molecule has 0 atom stereocenters. The number of nitrogens with one attached hydrogen (secondary N) is 1. The fraction of sp³-hybridized carbons (Fsp3) is 0.0526. The molecule has 0 fully saturated rings. The van der Waals surface area contributed by atoms with E-state index in [4.69, 9.17) is 15.2 Å². The van der Waals surface area contributed by atoms with Crippen molar-refractivity contribution in [1.82, 2.24) is 9.97 Å². The highest BCUT2D eigenvalue weighted by Crippen LogP contribution is 2.38. The first kappa shape index (κ1) is 19.9. The first-order valence-electron chi connectivity index (χ1n) is 8.22. The summed E-state index contributed by atoms with van der Waals surface area (Å²) in [7, 11) is 1.33. The van der Waals surface area contributed by atoms with Gasteiger partial charge in [0, 0.05) is 17.8 Å². The molecular formula is C19H12N6O5. The van der Waals surface area contributed by atoms with E-state index in [0.29, 0.717) is 5.56 Å². The number of benzene rings is 1. The molecule has 0 aliphatic heterocycles. The summed E-state index contributed by atoms with van der Waals surface area (Å²) in [6, 6.07) is 10.6. The van der Waals surface area contributed by atoms with E-state index in [1.165, 1.54) is 43.6 Å². The number of nitro groups is 1. The van der Waals surface area contributed by atoms with Crippen molar-refractivity contribution in [3.05, 3.63) is 68.1 Å². The average Bonchev–Trinajstić information content (AvgIpc) is 2.73. The van der Waals surface area contributed by atoms with Crippen LogP contribution >= 0.6 is 0 Å². The largest absolute Gasteiger partial charge is 0.493 e. The van der Waals surface area contributed by atoms with Crippen molar-refractivity contribution in [2.45, 2.75) is 0 Å². The summed E-state index contributed by atoms with van der Waals surface area (Å²) in [5.74, 6) is -0.207. The standard InChI is InChI=1S/C19H12N6O5/c1-29-15-7-10(16-11(8-20)17(22)24-18(26)12(16)9-21)4-5-14(15)30-19-13(25(27)28)3-2-6-23-19/h2-7H,1H3,(H3,22,24,26). The van der Waals surface area contributed by atoms with Crippen molar-refractivity contribution in [3.8, 4) is 40.6 Å². The molecule has 0 amide bonds. The van der Waals surface area contributed by atoms with Crippen molar-refractivity contribution >= 4 is 11.5 Å². The number of nitrogen functional groups attached to an aromatic ring is 1. The number of H-pyrrole nitrogens is 1. The lowest BCUT2D eigenvalue weighted by Crippen LogP contribution is -2.16. The van der Waals surface area contributed by atoms with E-state index in [0.717, 1.165) is 0 Å². The van der Waals surface area contributed by atoms with Crippen molar-refractivity contribution in [2.24, 2.45) is 0 Å². The molecule has 0 spiro atoms. The molecular weight excluding hydrogens is 392 g/mol. The van der Waals surface area contributed by atoms with Crippen molar-refractivity contribution < 1.29 is 14.4 Å². The van der Waals surface area contributed by atoms with Gasteiger partial charge >= 0.3 is 5.69 Å². The Bertz CT molecular complexity index is 1300. The Balaban J connectivity index is 2.16. The molecule has 3 aromatic rings. The van der Waals surface area contributed by atoms with Crippen LogP contribution in [0.2, 0.25) is 0 Å². The molecule has 30 heavy (non-hydrogen) atoms. The Kier molecular flexibility index (Phi) is 5.29. The maximum atomic E-state index is 12.1. The molecule has 2 aromatic heterocycles. The maximum Gasteiger partial charge on any atom is 0.331 e. The van der Waals surface area contributed by atoms with Crippen LogP contribution in [0.5, 0.6) is 17.4 Å². The molecule has 0 aliphatic rings. The average molecular weight is 404 g/mol. The number of aromatic amines is 1. The van der Waals surface area contributed by atoms with Gasteiger partial charge in [-0.25, -0.2) is 4.98 Å². The summed E-state index contributed by atoms with van der Waals surface area (Å²) < 4.78 is 10.8. The fourth-order valence-corrected chi connectivity index (χ4v) is 2.74. The number of nitriles is 2. The highest BCUT2D eigenvalue weighted by atomic mass is 16.6. The summed E-state index contributed by atoms with van der Waals surface area (Å²) in [5, 5.41) is 30.0. The highest BCUT2D eigenvalue weighted by Gasteiger charge is 2.21. The molecule has 0 unspecified atom stereocenters. The summed E-state index contributed by atoms with van der Waals surface area (Å²) >= 11 is 0. The van der Waals surface area contributed by atoms with Crippen LogP contribution in [0.1, 0.15) is 11.1 Å². The predicted molar refractivity (Wildman–Crippen MR) is 104 cm³/mol. The van der Waals surface area contributed by atoms with Crippen LogP contribution in [0.3, 0.4) is 0 Å². The van der Waals surface area contributed by atoms with Gasteiger partial charge in [-0.15, -0.1) is 0 Å². The number of nitrogens with zero attached hydrogens (tertiary/aromatic N) is 4. The summed E-state index contributed by atoms with van der Waals surface area (Å²) in [6.45, 7) is 0. The van der Waals surface area contributed by atoms with Gasteiger partial charge in [0.15, 0.2) is 11.5 Å². The molecule has 0 aliphatic carbocycles. The Morgan fingerprint density at radius 1 is 1.20 bits per heavy atom. The van der Waals surface area contributed by atoms with Crippen LogP contribution < -0.4 is 20.8 Å². The fourth-order valence-electron chi connectivity index (χ4n) is 2.74. The SMILES string of the molecule is COc1cc(-c2c(C#N)c(N)[nH]c(=O)c2C#N)ccc1Oc1ncccc1[N+](=O)[O-]. The molecule has 2 heterocycles. The minimum atomic E-state index is -0.743. The Labute approximate surface area is 168 Å². The zero-order chi connectivity index (χ0) is 21.8. The van der Waals surface area contributed by atoms with Crippen molar-refractivity contribution in [1.29, 1.82) is 10.5 Å². The Morgan fingerprint density at radius 3 is 2.57 bits per heavy atom. The first-order chi connectivity index (χ1) is 14.4. The van der Waals surface area contributed by atoms with E-state index in [1.807, 2.05) is 6.07 Å². The predicted octanol–water partition coefficient (Wildman–Crippen LogP) is 2.47. The minimum Gasteiger partial charge on any atom is -0.493 e. The van der Waals surface area contributed by atoms with Crippen LogP contribution in [-0.4, -0.2) is 22.0 Å². The second-order valence-electron chi connectivity index (χ2n) is 5.77. The third-order valence-electron chi connectivity index (χ3n) is 4.07. The lowest BCUT2D eigenvalue weighted by Gasteiger charge is -2.13. The van der Waals surface area contributed by atoms with E-state index in [2.05, 4.69) is 9.97 Å². The maximum absolute atomic E-state index is 12.1. The van der Waals surface area contributed by atoms with Crippen LogP contribution in [0.4, 0.5) is 11.5 Å². The number of anilines is 1. The summed E-state index contributed by atoms with van der Waals surface area (Å²) in [5.41, 5.74) is 4.59. The van der Waals surface area contributed by atoms with E-state index in [-0.39, 0.29) is 45.6 Å². The highest BCUT2D eigenvalue weighted by molar-refractivity contribution is 5.81. The number of pyridine rings is 2. The summed E-state index contributed by atoms with van der Waals surface area (Å²) in [4.78, 5) is 28.7. The molecule has 3 N–H and O–H groups in total. The van der Waals surface area contributed by atoms with E-state index < -0.39 is 10.5 Å². The van der Waals surface area contributed by atoms with Crippen LogP contribution in [0.25, 0.3) is 11.1 Å². The Hall–Kier alpha value is -4.90. The van der Waals surface area contributed by atoms with E-state index in [9.17, 15) is 25.4 Å². The van der Waals surface area contributed by atoms with Crippen molar-refractivity contribution in [2.75, 3.05) is 12.8 Å². The molecule has 0 bridgehead atoms. The third kappa shape index (κ3) is 3.46. The number of hydrogen-bond acceptors (Lipinski definition) is 9. The molecule has 1 aromatic carbocycles. The van der Waals surface area contributed by atoms with Crippen LogP contribution in [-0.2, 0) is 0 Å². The number of nitrogens with two attached hydrogens (primary N) is 1. The quantitative estimate of drug-likeness (QED) is 0.476. The lowest BCUT2D eigenvalue weighted by molar-refractivity contribution is -0.386. The van der Waals surface area contributed by atoms with Gasteiger partial charge in [-0.2, -0.15) is 10.5 Å². The molecule has 3 rings (SSSR count). The Morgan fingerprint density at radius 2 is 1.93 bits per heavy atom. The van der Waals surface area contributed by atoms with Gasteiger partial charge in [0.1, 0.15) is 29.1 Å². The second-order valence-corrected chi connectivity index (χ2v) is 5.77. The number of methoxy groups -OCH3 is 1. The van der Waals surface area contributed by atoms with Gasteiger partial charge in [0.05, 0.1) is 12.0 Å². The normalized spacial score (nSPS) is 9.97. The van der Waals surface area contributed by atoms with E-state index in [1.54, 1.807) is 6.07 Å². The van der Waals surface area contributed by atoms with Gasteiger partial charge in [-0.1, -0.05) is 6.07 Å². The number of hydrogen-bond donors (Lipinski definition) is 2. The number of aromatic nitrogens is 2. The smallest absolute Gasteiger partial charge is 0.331 e. The van der Waals surface area contributed by atoms with Gasteiger partial charge in [0.25, 0.3) is 11.4 Å². The van der Waals surface area contributed by atoms with Crippen LogP contribution in [0, 0.1) is 32.8 Å². The number of ether oxygens (including phenoxy) is 2. The molecule has 0 saturated carbocycles. The molecule has 148 valence electrons. The molecule has 11 heteroatoms. The molecule has 11 nitrogen and oxygen atoms in total. The zero-order valence-corrected chi connectivity index (χ0v) is 15.4. The molecule has 0 saturated heterocycles. The monoisotopic (exact) mass is 404 g/mol. The van der Waals surface area contributed by atoms with Gasteiger partial charge in [-0.3, -0.25) is 14.9 Å². The van der Waals surface area contributed by atoms with E-state index >= 15 is 0 Å². The van der Waals surface area contributed by atoms with Gasteiger partial charge in [0.2, 0.25) is 0 Å². The van der Waals surface area contributed by atoms with Crippen LogP contribution in [0.15, 0.2) is 41.3 Å². The minimum absolute atomic E-state index is 0.0370. The second kappa shape index (κ2) is 8.00. The van der Waals surface area contributed by atoms with Crippen molar-refractivity contribution in [3.63, 3.8) is 0 Å². The first-order valence-corrected chi connectivity index (χ1v) is 8.22. The molecule has 0 radical (unpaired) electrons. The zero-order valence-electron chi connectivity index (χ0n) is 15.4. The lowest BCUT2D eigenvalue weighted by atomic mass is 9.96.